The molecule has 1 aromatic carbocycles. The molecule has 0 bridgehead atoms. The van der Waals surface area contributed by atoms with Crippen molar-refractivity contribution >= 4 is 18.1 Å². The van der Waals surface area contributed by atoms with Crippen molar-refractivity contribution < 1.29 is 24.5 Å². The first-order chi connectivity index (χ1) is 12.3. The van der Waals surface area contributed by atoms with E-state index in [0.717, 1.165) is 5.56 Å². The van der Waals surface area contributed by atoms with Gasteiger partial charge in [-0.2, -0.15) is 0 Å². The number of carboxylic acids is 1. The summed E-state index contributed by atoms with van der Waals surface area (Å²) in [7, 11) is 0. The first kappa shape index (κ1) is 22.7. The van der Waals surface area contributed by atoms with Crippen LogP contribution in [-0.4, -0.2) is 45.6 Å². The molecule has 5 N–H and O–H groups in total. The number of aliphatic hydroxyl groups is 1. The van der Waals surface area contributed by atoms with Gasteiger partial charge in [-0.15, -0.1) is 0 Å². The van der Waals surface area contributed by atoms with Crippen molar-refractivity contribution in [1.29, 1.82) is 0 Å². The Balaban J connectivity index is 2.71. The molecular weight excluding hydrogens is 348 g/mol. The van der Waals surface area contributed by atoms with Crippen molar-refractivity contribution in [2.75, 3.05) is 6.54 Å². The largest absolute Gasteiger partial charge is 0.480 e. The van der Waals surface area contributed by atoms with E-state index >= 15 is 0 Å². The van der Waals surface area contributed by atoms with Gasteiger partial charge in [0.1, 0.15) is 11.1 Å². The molecular formula is C20H30N2O5. The Bertz CT molecular complexity index is 665. The van der Waals surface area contributed by atoms with Gasteiger partial charge in [-0.3, -0.25) is 4.79 Å². The van der Waals surface area contributed by atoms with Crippen LogP contribution in [0.15, 0.2) is 36.4 Å². The minimum Gasteiger partial charge on any atom is -0.480 e. The maximum absolute atomic E-state index is 11.7. The average molecular weight is 378 g/mol. The molecule has 0 heterocycles. The molecule has 0 saturated heterocycles. The molecule has 150 valence electrons. The first-order valence-corrected chi connectivity index (χ1v) is 8.76. The van der Waals surface area contributed by atoms with Crippen molar-refractivity contribution in [2.45, 2.75) is 57.3 Å². The van der Waals surface area contributed by atoms with Gasteiger partial charge in [-0.05, 0) is 39.7 Å². The molecule has 0 spiro atoms. The third kappa shape index (κ3) is 8.70. The van der Waals surface area contributed by atoms with Crippen LogP contribution in [0.1, 0.15) is 46.1 Å². The molecule has 0 saturated carbocycles. The molecule has 1 rings (SSSR count). The zero-order chi connectivity index (χ0) is 20.7. The molecule has 0 fully saturated rings. The predicted molar refractivity (Wildman–Crippen MR) is 104 cm³/mol. The molecule has 1 aromatic rings. The summed E-state index contributed by atoms with van der Waals surface area (Å²) in [5.41, 5.74) is 3.10. The number of aliphatic carboxylic acids is 1. The Labute approximate surface area is 160 Å². The minimum atomic E-state index is -1.68. The highest BCUT2D eigenvalue weighted by Crippen LogP contribution is 2.23. The minimum absolute atomic E-state index is 0.0276. The van der Waals surface area contributed by atoms with Crippen molar-refractivity contribution in [2.24, 2.45) is 5.73 Å². The SMILES string of the molecule is CC(C)(C)OC(=O)NC[C@@](C)(O)C[C@](N)(CC=Cc1ccccc1)C(=O)O. The van der Waals surface area contributed by atoms with Crippen LogP contribution in [0.5, 0.6) is 0 Å². The summed E-state index contributed by atoms with van der Waals surface area (Å²) < 4.78 is 5.10. The fourth-order valence-electron chi connectivity index (χ4n) is 2.52. The third-order valence-electron chi connectivity index (χ3n) is 3.73. The van der Waals surface area contributed by atoms with Gasteiger partial charge in [-0.25, -0.2) is 4.79 Å². The van der Waals surface area contributed by atoms with Crippen LogP contribution in [0, 0.1) is 0 Å². The Morgan fingerprint density at radius 1 is 1.19 bits per heavy atom. The summed E-state index contributed by atoms with van der Waals surface area (Å²) in [6.45, 7) is 6.41. The summed E-state index contributed by atoms with van der Waals surface area (Å²) in [6.07, 6.45) is 2.54. The number of carboxylic acid groups (broad SMARTS) is 1. The van der Waals surface area contributed by atoms with E-state index in [0.29, 0.717) is 0 Å². The summed E-state index contributed by atoms with van der Waals surface area (Å²) >= 11 is 0. The Morgan fingerprint density at radius 2 is 1.78 bits per heavy atom. The van der Waals surface area contributed by atoms with Gasteiger partial charge in [0.2, 0.25) is 0 Å². The van der Waals surface area contributed by atoms with Gasteiger partial charge < -0.3 is 26.0 Å². The van der Waals surface area contributed by atoms with E-state index in [9.17, 15) is 19.8 Å². The van der Waals surface area contributed by atoms with Gasteiger partial charge in [0, 0.05) is 13.0 Å². The number of rotatable bonds is 8. The molecule has 0 aliphatic rings. The number of carbonyl (C=O) groups excluding carboxylic acids is 1. The molecule has 27 heavy (non-hydrogen) atoms. The lowest BCUT2D eigenvalue weighted by Gasteiger charge is -2.33. The van der Waals surface area contributed by atoms with Crippen LogP contribution in [0.25, 0.3) is 6.08 Å². The van der Waals surface area contributed by atoms with E-state index in [2.05, 4.69) is 5.32 Å². The second-order valence-electron chi connectivity index (χ2n) is 8.01. The van der Waals surface area contributed by atoms with Crippen molar-refractivity contribution in [1.82, 2.24) is 5.32 Å². The van der Waals surface area contributed by atoms with Crippen LogP contribution in [0.2, 0.25) is 0 Å². The lowest BCUT2D eigenvalue weighted by molar-refractivity contribution is -0.145. The molecule has 0 radical (unpaired) electrons. The second kappa shape index (κ2) is 9.01. The maximum Gasteiger partial charge on any atom is 0.407 e. The zero-order valence-electron chi connectivity index (χ0n) is 16.4. The molecule has 2 atom stereocenters. The lowest BCUT2D eigenvalue weighted by atomic mass is 9.83. The summed E-state index contributed by atoms with van der Waals surface area (Å²) in [6, 6.07) is 9.41. The van der Waals surface area contributed by atoms with Crippen molar-refractivity contribution in [3.63, 3.8) is 0 Å². The van der Waals surface area contributed by atoms with Gasteiger partial charge in [0.05, 0.1) is 5.60 Å². The number of ether oxygens (including phenoxy) is 1. The van der Waals surface area contributed by atoms with Crippen molar-refractivity contribution in [3.05, 3.63) is 42.0 Å². The summed E-state index contributed by atoms with van der Waals surface area (Å²) in [4.78, 5) is 23.4. The lowest BCUT2D eigenvalue weighted by Crippen LogP contribution is -2.55. The average Bonchev–Trinajstić information content (AvgIpc) is 2.52. The third-order valence-corrected chi connectivity index (χ3v) is 3.73. The molecule has 1 amide bonds. The topological polar surface area (TPSA) is 122 Å². The van der Waals surface area contributed by atoms with Crippen LogP contribution >= 0.6 is 0 Å². The standard InChI is InChI=1S/C20H30N2O5/c1-18(2,3)27-17(25)22-14-19(4,26)13-20(21,16(23)24)12-8-11-15-9-6-5-7-10-15/h5-11,26H,12-14,21H2,1-4H3,(H,22,25)(H,23,24)/t19-,20+/m0/s1. The number of hydrogen-bond acceptors (Lipinski definition) is 5. The molecule has 7 heteroatoms. The van der Waals surface area contributed by atoms with E-state index in [-0.39, 0.29) is 19.4 Å². The van der Waals surface area contributed by atoms with Crippen LogP contribution in [-0.2, 0) is 9.53 Å². The molecule has 0 unspecified atom stereocenters. The zero-order valence-corrected chi connectivity index (χ0v) is 16.4. The number of nitrogens with one attached hydrogen (secondary N) is 1. The van der Waals surface area contributed by atoms with Gasteiger partial charge in [-0.1, -0.05) is 42.5 Å². The van der Waals surface area contributed by atoms with Gasteiger partial charge >= 0.3 is 12.1 Å². The fraction of sp³-hybridized carbons (Fsp3) is 0.500. The molecule has 0 aromatic heterocycles. The number of hydrogen-bond donors (Lipinski definition) is 4. The number of benzene rings is 1. The highest BCUT2D eigenvalue weighted by Gasteiger charge is 2.40. The van der Waals surface area contributed by atoms with Crippen LogP contribution < -0.4 is 11.1 Å². The number of alkyl carbamates (subject to hydrolysis) is 1. The van der Waals surface area contributed by atoms with Crippen LogP contribution in [0.3, 0.4) is 0 Å². The van der Waals surface area contributed by atoms with Crippen molar-refractivity contribution in [3.8, 4) is 0 Å². The van der Waals surface area contributed by atoms with E-state index in [4.69, 9.17) is 10.5 Å². The second-order valence-corrected chi connectivity index (χ2v) is 8.01. The van der Waals surface area contributed by atoms with Crippen LogP contribution in [0.4, 0.5) is 4.79 Å². The number of amides is 1. The van der Waals surface area contributed by atoms with E-state index in [1.165, 1.54) is 6.92 Å². The highest BCUT2D eigenvalue weighted by molar-refractivity contribution is 5.79. The Morgan fingerprint density at radius 3 is 2.30 bits per heavy atom. The number of carbonyl (C=O) groups is 2. The fourth-order valence-corrected chi connectivity index (χ4v) is 2.52. The van der Waals surface area contributed by atoms with E-state index in [1.54, 1.807) is 32.9 Å². The van der Waals surface area contributed by atoms with E-state index in [1.807, 2.05) is 30.3 Å². The predicted octanol–water partition coefficient (Wildman–Crippen LogP) is 2.54. The molecule has 7 nitrogen and oxygen atoms in total. The highest BCUT2D eigenvalue weighted by atomic mass is 16.6. The normalized spacial score (nSPS) is 16.4. The molecule has 0 aliphatic heterocycles. The smallest absolute Gasteiger partial charge is 0.407 e. The van der Waals surface area contributed by atoms with Gasteiger partial charge in [0.15, 0.2) is 0 Å². The maximum atomic E-state index is 11.7. The summed E-state index contributed by atoms with van der Waals surface area (Å²) in [5.74, 6) is -1.22. The van der Waals surface area contributed by atoms with E-state index < -0.39 is 28.8 Å². The Hall–Kier alpha value is -2.38. The number of nitrogens with two attached hydrogens (primary N) is 1. The summed E-state index contributed by atoms with van der Waals surface area (Å²) in [5, 5.41) is 22.5. The molecule has 0 aliphatic carbocycles. The Kier molecular flexibility index (Phi) is 7.56. The monoisotopic (exact) mass is 378 g/mol. The van der Waals surface area contributed by atoms with Gasteiger partial charge in [0.25, 0.3) is 0 Å². The first-order valence-electron chi connectivity index (χ1n) is 8.76. The quantitative estimate of drug-likeness (QED) is 0.551.